The lowest BCUT2D eigenvalue weighted by molar-refractivity contribution is -0.129. The van der Waals surface area contributed by atoms with Crippen LogP contribution in [0.5, 0.6) is 5.75 Å². The first kappa shape index (κ1) is 16.4. The first-order valence-electron chi connectivity index (χ1n) is 8.78. The van der Waals surface area contributed by atoms with Gasteiger partial charge in [0.25, 0.3) is 5.91 Å². The van der Waals surface area contributed by atoms with E-state index in [1.165, 1.54) is 12.8 Å². The summed E-state index contributed by atoms with van der Waals surface area (Å²) >= 11 is 0. The molecule has 1 aromatic rings. The largest absolute Gasteiger partial charge is 0.481 e. The van der Waals surface area contributed by atoms with Crippen LogP contribution in [0.4, 0.5) is 0 Å². The average molecular weight is 315 g/mol. The van der Waals surface area contributed by atoms with Gasteiger partial charge in [-0.15, -0.1) is 0 Å². The van der Waals surface area contributed by atoms with Crippen molar-refractivity contribution in [2.75, 3.05) is 0 Å². The maximum absolute atomic E-state index is 12.6. The zero-order valence-electron chi connectivity index (χ0n) is 15.0. The van der Waals surface area contributed by atoms with E-state index >= 15 is 0 Å². The van der Waals surface area contributed by atoms with Gasteiger partial charge in [0.05, 0.1) is 0 Å². The summed E-state index contributed by atoms with van der Waals surface area (Å²) < 4.78 is 5.82. The quantitative estimate of drug-likeness (QED) is 0.908. The highest BCUT2D eigenvalue weighted by molar-refractivity contribution is 5.81. The third-order valence-corrected chi connectivity index (χ3v) is 6.78. The number of aryl methyl sites for hydroxylation is 1. The van der Waals surface area contributed by atoms with Crippen molar-refractivity contribution in [3.05, 3.63) is 29.8 Å². The second-order valence-electron chi connectivity index (χ2n) is 8.25. The normalized spacial score (nSPS) is 32.6. The molecule has 2 fully saturated rings. The smallest absolute Gasteiger partial charge is 0.261 e. The number of benzene rings is 1. The topological polar surface area (TPSA) is 38.3 Å². The van der Waals surface area contributed by atoms with Gasteiger partial charge in [-0.25, -0.2) is 0 Å². The van der Waals surface area contributed by atoms with Gasteiger partial charge in [0.15, 0.2) is 6.10 Å². The lowest BCUT2D eigenvalue weighted by Gasteiger charge is -2.39. The van der Waals surface area contributed by atoms with Crippen LogP contribution in [0.15, 0.2) is 24.3 Å². The summed E-state index contributed by atoms with van der Waals surface area (Å²) in [6.07, 6.45) is 3.14. The van der Waals surface area contributed by atoms with E-state index in [0.717, 1.165) is 23.7 Å². The molecule has 4 atom stereocenters. The summed E-state index contributed by atoms with van der Waals surface area (Å²) in [6, 6.07) is 8.11. The molecule has 126 valence electrons. The number of amides is 1. The number of rotatable bonds is 4. The first-order chi connectivity index (χ1) is 10.7. The second kappa shape index (κ2) is 5.54. The van der Waals surface area contributed by atoms with Crippen LogP contribution in [0.25, 0.3) is 0 Å². The Kier molecular flexibility index (Phi) is 3.94. The van der Waals surface area contributed by atoms with Crippen molar-refractivity contribution in [2.45, 2.75) is 66.0 Å². The molecule has 0 heterocycles. The van der Waals surface area contributed by atoms with Gasteiger partial charge in [-0.05, 0) is 67.6 Å². The predicted molar refractivity (Wildman–Crippen MR) is 92.4 cm³/mol. The minimum absolute atomic E-state index is 0.00100. The van der Waals surface area contributed by atoms with Crippen LogP contribution >= 0.6 is 0 Å². The van der Waals surface area contributed by atoms with Crippen molar-refractivity contribution >= 4 is 5.91 Å². The van der Waals surface area contributed by atoms with Gasteiger partial charge in [-0.3, -0.25) is 4.79 Å². The van der Waals surface area contributed by atoms with Crippen molar-refractivity contribution in [2.24, 2.45) is 16.7 Å². The maximum atomic E-state index is 12.6. The molecule has 1 aromatic carbocycles. The molecule has 2 saturated carbocycles. The number of ether oxygens (including phenoxy) is 1. The van der Waals surface area contributed by atoms with Crippen LogP contribution in [-0.4, -0.2) is 18.1 Å². The highest BCUT2D eigenvalue weighted by Gasteiger charge is 2.61. The van der Waals surface area contributed by atoms with Crippen molar-refractivity contribution < 1.29 is 9.53 Å². The molecule has 0 aliphatic heterocycles. The minimum atomic E-state index is -0.470. The molecule has 2 aliphatic rings. The zero-order chi connectivity index (χ0) is 16.8. The van der Waals surface area contributed by atoms with E-state index in [-0.39, 0.29) is 17.4 Å². The van der Waals surface area contributed by atoms with Crippen LogP contribution < -0.4 is 10.1 Å². The van der Waals surface area contributed by atoms with Crippen LogP contribution in [0.1, 0.15) is 52.5 Å². The van der Waals surface area contributed by atoms with E-state index in [4.69, 9.17) is 4.74 Å². The zero-order valence-corrected chi connectivity index (χ0v) is 15.0. The molecule has 3 nitrogen and oxygen atoms in total. The maximum Gasteiger partial charge on any atom is 0.261 e. The van der Waals surface area contributed by atoms with Gasteiger partial charge >= 0.3 is 0 Å². The molecule has 0 spiro atoms. The molecule has 0 unspecified atom stereocenters. The lowest BCUT2D eigenvalue weighted by Crippen LogP contribution is -2.50. The highest BCUT2D eigenvalue weighted by Crippen LogP contribution is 2.65. The third-order valence-electron chi connectivity index (χ3n) is 6.78. The van der Waals surface area contributed by atoms with Crippen molar-refractivity contribution in [3.63, 3.8) is 0 Å². The van der Waals surface area contributed by atoms with Gasteiger partial charge in [0.2, 0.25) is 0 Å². The molecular weight excluding hydrogens is 286 g/mol. The predicted octanol–water partition coefficient (Wildman–Crippen LogP) is 4.09. The van der Waals surface area contributed by atoms with Gasteiger partial charge in [-0.2, -0.15) is 0 Å². The van der Waals surface area contributed by atoms with Crippen LogP contribution in [0, 0.1) is 23.7 Å². The van der Waals surface area contributed by atoms with Crippen LogP contribution in [-0.2, 0) is 4.79 Å². The van der Waals surface area contributed by atoms with Crippen molar-refractivity contribution in [1.82, 2.24) is 5.32 Å². The van der Waals surface area contributed by atoms with E-state index in [1.807, 2.05) is 38.1 Å². The molecule has 0 saturated heterocycles. The molecular formula is C20H29NO2. The summed E-state index contributed by atoms with van der Waals surface area (Å²) in [5, 5.41) is 3.28. The molecule has 23 heavy (non-hydrogen) atoms. The van der Waals surface area contributed by atoms with Crippen molar-refractivity contribution in [3.8, 4) is 5.75 Å². The number of hydrogen-bond donors (Lipinski definition) is 1. The van der Waals surface area contributed by atoms with Gasteiger partial charge in [-0.1, -0.05) is 32.9 Å². The summed E-state index contributed by atoms with van der Waals surface area (Å²) in [5.74, 6) is 1.49. The molecule has 0 aromatic heterocycles. The fourth-order valence-corrected chi connectivity index (χ4v) is 4.66. The second-order valence-corrected chi connectivity index (χ2v) is 8.25. The summed E-state index contributed by atoms with van der Waals surface area (Å²) in [6.45, 7) is 10.9. The Hall–Kier alpha value is -1.51. The highest BCUT2D eigenvalue weighted by atomic mass is 16.5. The first-order valence-corrected chi connectivity index (χ1v) is 8.78. The van der Waals surface area contributed by atoms with E-state index < -0.39 is 6.10 Å². The van der Waals surface area contributed by atoms with Crippen LogP contribution in [0.2, 0.25) is 0 Å². The van der Waals surface area contributed by atoms with Crippen molar-refractivity contribution in [1.29, 1.82) is 0 Å². The Morgan fingerprint density at radius 2 is 2.09 bits per heavy atom. The Labute approximate surface area is 139 Å². The Bertz CT molecular complexity index is 609. The van der Waals surface area contributed by atoms with Gasteiger partial charge < -0.3 is 10.1 Å². The SMILES string of the molecule is Cc1cccc(O[C@@H](C)C(=O)N[C@H]2C[C@@H]3CC[C@]2(C)C3(C)C)c1. The average Bonchev–Trinajstić information content (AvgIpc) is 2.80. The Morgan fingerprint density at radius 3 is 2.65 bits per heavy atom. The Morgan fingerprint density at radius 1 is 1.35 bits per heavy atom. The molecule has 3 heteroatoms. The molecule has 2 bridgehead atoms. The van der Waals surface area contributed by atoms with E-state index in [2.05, 4.69) is 26.1 Å². The molecule has 1 amide bonds. The lowest BCUT2D eigenvalue weighted by atomic mass is 9.69. The number of nitrogens with one attached hydrogen (secondary N) is 1. The molecule has 2 aliphatic carbocycles. The number of fused-ring (bicyclic) bond motifs is 2. The van der Waals surface area contributed by atoms with Gasteiger partial charge in [0.1, 0.15) is 5.75 Å². The number of hydrogen-bond acceptors (Lipinski definition) is 2. The fraction of sp³-hybridized carbons (Fsp3) is 0.650. The van der Waals surface area contributed by atoms with Gasteiger partial charge in [0, 0.05) is 6.04 Å². The molecule has 1 N–H and O–H groups in total. The number of carbonyl (C=O) groups is 1. The standard InChI is InChI=1S/C20H29NO2/c1-13-7-6-8-16(11-13)23-14(2)18(22)21-17-12-15-9-10-20(17,5)19(15,3)4/h6-8,11,14-15,17H,9-10,12H2,1-5H3,(H,21,22)/t14-,15-,17-,20-/m0/s1. The monoisotopic (exact) mass is 315 g/mol. The van der Waals surface area contributed by atoms with Crippen LogP contribution in [0.3, 0.4) is 0 Å². The third kappa shape index (κ3) is 2.64. The molecule has 0 radical (unpaired) electrons. The van der Waals surface area contributed by atoms with E-state index in [1.54, 1.807) is 0 Å². The Balaban J connectivity index is 1.64. The summed E-state index contributed by atoms with van der Waals surface area (Å²) in [4.78, 5) is 12.6. The van der Waals surface area contributed by atoms with E-state index in [0.29, 0.717) is 5.41 Å². The minimum Gasteiger partial charge on any atom is -0.481 e. The molecule has 3 rings (SSSR count). The summed E-state index contributed by atoms with van der Waals surface area (Å²) in [5.41, 5.74) is 1.65. The van der Waals surface area contributed by atoms with E-state index in [9.17, 15) is 4.79 Å². The fourth-order valence-electron chi connectivity index (χ4n) is 4.66. The number of carbonyl (C=O) groups excluding carboxylic acids is 1. The summed E-state index contributed by atoms with van der Waals surface area (Å²) in [7, 11) is 0.